The molecule has 6 nitrogen and oxygen atoms in total. The third kappa shape index (κ3) is 4.68. The Morgan fingerprint density at radius 1 is 1.25 bits per heavy atom. The summed E-state index contributed by atoms with van der Waals surface area (Å²) in [5.74, 6) is 2.48. The summed E-state index contributed by atoms with van der Waals surface area (Å²) in [4.78, 5) is 19.8. The molecular formula is C14H25N5O. The fourth-order valence-corrected chi connectivity index (χ4v) is 1.77. The number of carbonyl (C=O) groups excluding carboxylic acids is 1. The number of hydrogen-bond acceptors (Lipinski definition) is 5. The van der Waals surface area contributed by atoms with Crippen molar-refractivity contribution in [3.05, 3.63) is 11.4 Å². The van der Waals surface area contributed by atoms with Crippen LogP contribution in [-0.4, -0.2) is 29.0 Å². The van der Waals surface area contributed by atoms with Gasteiger partial charge in [-0.2, -0.15) is 0 Å². The first-order chi connectivity index (χ1) is 9.45. The van der Waals surface area contributed by atoms with Crippen LogP contribution in [0, 0.1) is 6.92 Å². The van der Waals surface area contributed by atoms with Crippen molar-refractivity contribution in [3.63, 3.8) is 0 Å². The van der Waals surface area contributed by atoms with Crippen LogP contribution in [0.25, 0.3) is 0 Å². The normalized spacial score (nSPS) is 10.7. The lowest BCUT2D eigenvalue weighted by atomic mass is 10.2. The Labute approximate surface area is 120 Å². The molecule has 0 saturated heterocycles. The lowest BCUT2D eigenvalue weighted by molar-refractivity contribution is -0.118. The molecule has 1 aromatic rings. The van der Waals surface area contributed by atoms with E-state index in [4.69, 9.17) is 5.73 Å². The number of nitrogens with two attached hydrogens (primary N) is 1. The summed E-state index contributed by atoms with van der Waals surface area (Å²) in [6.45, 7) is 9.64. The predicted octanol–water partition coefficient (Wildman–Crippen LogP) is 2.02. The molecule has 0 aromatic carbocycles. The van der Waals surface area contributed by atoms with Crippen molar-refractivity contribution in [3.8, 4) is 0 Å². The highest BCUT2D eigenvalue weighted by Crippen LogP contribution is 2.23. The molecule has 4 N–H and O–H groups in total. The van der Waals surface area contributed by atoms with Gasteiger partial charge in [0.15, 0.2) is 0 Å². The van der Waals surface area contributed by atoms with Gasteiger partial charge < -0.3 is 16.4 Å². The second kappa shape index (κ2) is 7.67. The number of aromatic nitrogens is 2. The van der Waals surface area contributed by atoms with Gasteiger partial charge in [-0.25, -0.2) is 9.97 Å². The van der Waals surface area contributed by atoms with Crippen LogP contribution in [0.4, 0.5) is 11.6 Å². The predicted molar refractivity (Wildman–Crippen MR) is 81.9 cm³/mol. The summed E-state index contributed by atoms with van der Waals surface area (Å²) in [6, 6.07) is 0. The Morgan fingerprint density at radius 3 is 2.35 bits per heavy atom. The maximum atomic E-state index is 10.7. The number of anilines is 2. The highest BCUT2D eigenvalue weighted by Gasteiger charge is 2.12. The van der Waals surface area contributed by atoms with Gasteiger partial charge in [-0.15, -0.1) is 0 Å². The summed E-state index contributed by atoms with van der Waals surface area (Å²) in [7, 11) is 0. The van der Waals surface area contributed by atoms with E-state index in [9.17, 15) is 4.79 Å². The van der Waals surface area contributed by atoms with Crippen molar-refractivity contribution in [2.24, 2.45) is 5.73 Å². The fraction of sp³-hybridized carbons (Fsp3) is 0.643. The van der Waals surface area contributed by atoms with E-state index >= 15 is 0 Å². The van der Waals surface area contributed by atoms with Crippen molar-refractivity contribution in [1.82, 2.24) is 9.97 Å². The maximum absolute atomic E-state index is 10.7. The zero-order chi connectivity index (χ0) is 15.1. The molecule has 1 heterocycles. The van der Waals surface area contributed by atoms with Gasteiger partial charge >= 0.3 is 0 Å². The van der Waals surface area contributed by atoms with Gasteiger partial charge in [0.2, 0.25) is 5.91 Å². The van der Waals surface area contributed by atoms with Crippen molar-refractivity contribution in [1.29, 1.82) is 0 Å². The van der Waals surface area contributed by atoms with E-state index in [2.05, 4.69) is 34.4 Å². The maximum Gasteiger partial charge on any atom is 0.217 e. The molecule has 0 fully saturated rings. The van der Waals surface area contributed by atoms with Crippen molar-refractivity contribution in [2.75, 3.05) is 23.7 Å². The minimum Gasteiger partial charge on any atom is -0.370 e. The van der Waals surface area contributed by atoms with Gasteiger partial charge in [-0.3, -0.25) is 4.79 Å². The van der Waals surface area contributed by atoms with E-state index in [-0.39, 0.29) is 11.8 Å². The molecular weight excluding hydrogens is 254 g/mol. The molecule has 0 spiro atoms. The molecule has 0 bridgehead atoms. The Morgan fingerprint density at radius 2 is 1.85 bits per heavy atom. The van der Waals surface area contributed by atoms with E-state index in [1.807, 2.05) is 13.8 Å². The molecule has 0 atom stereocenters. The van der Waals surface area contributed by atoms with E-state index in [1.165, 1.54) is 0 Å². The van der Waals surface area contributed by atoms with Gasteiger partial charge in [0.1, 0.15) is 17.5 Å². The zero-order valence-corrected chi connectivity index (χ0v) is 12.8. The molecule has 112 valence electrons. The smallest absolute Gasteiger partial charge is 0.217 e. The molecule has 0 aliphatic carbocycles. The Bertz CT molecular complexity index is 459. The fourth-order valence-electron chi connectivity index (χ4n) is 1.77. The average molecular weight is 279 g/mol. The van der Waals surface area contributed by atoms with Crippen LogP contribution in [0.5, 0.6) is 0 Å². The van der Waals surface area contributed by atoms with Crippen molar-refractivity contribution < 1.29 is 4.79 Å². The van der Waals surface area contributed by atoms with E-state index < -0.39 is 0 Å². The second-order valence-electron chi connectivity index (χ2n) is 5.09. The Hall–Kier alpha value is -1.85. The molecule has 6 heteroatoms. The van der Waals surface area contributed by atoms with Gasteiger partial charge in [-0.05, 0) is 20.3 Å². The largest absolute Gasteiger partial charge is 0.370 e. The van der Waals surface area contributed by atoms with Gasteiger partial charge in [0, 0.05) is 31.0 Å². The second-order valence-corrected chi connectivity index (χ2v) is 5.09. The summed E-state index contributed by atoms with van der Waals surface area (Å²) < 4.78 is 0. The number of hydrogen-bond donors (Lipinski definition) is 3. The van der Waals surface area contributed by atoms with Crippen LogP contribution in [0.15, 0.2) is 0 Å². The first-order valence-corrected chi connectivity index (χ1v) is 7.10. The number of nitrogens with zero attached hydrogens (tertiary/aromatic N) is 2. The van der Waals surface area contributed by atoms with Crippen LogP contribution >= 0.6 is 0 Å². The average Bonchev–Trinajstić information content (AvgIpc) is 2.38. The van der Waals surface area contributed by atoms with Crippen LogP contribution in [0.2, 0.25) is 0 Å². The third-order valence-corrected chi connectivity index (χ3v) is 2.92. The molecule has 0 unspecified atom stereocenters. The quantitative estimate of drug-likeness (QED) is 0.633. The summed E-state index contributed by atoms with van der Waals surface area (Å²) >= 11 is 0. The van der Waals surface area contributed by atoms with E-state index in [1.54, 1.807) is 0 Å². The first kappa shape index (κ1) is 16.2. The Balaban J connectivity index is 2.84. The van der Waals surface area contributed by atoms with Crippen molar-refractivity contribution in [2.45, 2.75) is 46.5 Å². The lowest BCUT2D eigenvalue weighted by Crippen LogP contribution is -2.15. The van der Waals surface area contributed by atoms with Crippen molar-refractivity contribution >= 4 is 17.5 Å². The monoisotopic (exact) mass is 279 g/mol. The molecule has 1 rings (SSSR count). The molecule has 1 amide bonds. The minimum absolute atomic E-state index is 0.263. The standard InChI is InChI=1S/C14H25N5O/c1-5-16-13-10(4)14(17-8-6-7-11(15)20)19-12(18-13)9(2)3/h9H,5-8H2,1-4H3,(H2,15,20)(H2,16,17,18,19). The van der Waals surface area contributed by atoms with E-state index in [0.717, 1.165) is 29.6 Å². The number of amides is 1. The molecule has 1 aromatic heterocycles. The number of carbonyl (C=O) groups is 1. The summed E-state index contributed by atoms with van der Waals surface area (Å²) in [6.07, 6.45) is 1.08. The summed E-state index contributed by atoms with van der Waals surface area (Å²) in [5, 5.41) is 6.52. The van der Waals surface area contributed by atoms with Crippen LogP contribution in [0.3, 0.4) is 0 Å². The first-order valence-electron chi connectivity index (χ1n) is 7.10. The van der Waals surface area contributed by atoms with Crippen LogP contribution in [-0.2, 0) is 4.79 Å². The highest BCUT2D eigenvalue weighted by atomic mass is 16.1. The van der Waals surface area contributed by atoms with Crippen LogP contribution < -0.4 is 16.4 Å². The summed E-state index contributed by atoms with van der Waals surface area (Å²) in [5.41, 5.74) is 6.12. The molecule has 0 saturated carbocycles. The van der Waals surface area contributed by atoms with Gasteiger partial charge in [-0.1, -0.05) is 13.8 Å². The lowest BCUT2D eigenvalue weighted by Gasteiger charge is -2.15. The Kier molecular flexibility index (Phi) is 6.21. The SMILES string of the molecule is CCNc1nc(C(C)C)nc(NCCCC(N)=O)c1C. The van der Waals surface area contributed by atoms with Crippen LogP contribution in [0.1, 0.15) is 50.9 Å². The highest BCUT2D eigenvalue weighted by molar-refractivity contribution is 5.73. The molecule has 20 heavy (non-hydrogen) atoms. The van der Waals surface area contributed by atoms with Gasteiger partial charge in [0.05, 0.1) is 0 Å². The third-order valence-electron chi connectivity index (χ3n) is 2.92. The topological polar surface area (TPSA) is 92.9 Å². The zero-order valence-electron chi connectivity index (χ0n) is 12.8. The molecule has 0 aliphatic heterocycles. The van der Waals surface area contributed by atoms with E-state index in [0.29, 0.717) is 19.4 Å². The number of primary amides is 1. The minimum atomic E-state index is -0.276. The molecule has 0 radical (unpaired) electrons. The number of rotatable bonds is 8. The molecule has 0 aliphatic rings. The van der Waals surface area contributed by atoms with Gasteiger partial charge in [0.25, 0.3) is 0 Å². The number of nitrogens with one attached hydrogen (secondary N) is 2.